The van der Waals surface area contributed by atoms with Gasteiger partial charge in [-0.1, -0.05) is 36.9 Å². The molecular formula is C11H18N4O3S2. The number of carbonyl (C=O) groups is 2. The molecule has 1 heterocycles. The van der Waals surface area contributed by atoms with Gasteiger partial charge in [0.2, 0.25) is 4.80 Å². The van der Waals surface area contributed by atoms with Crippen LogP contribution in [0, 0.1) is 5.92 Å². The van der Waals surface area contributed by atoms with Crippen LogP contribution in [0.5, 0.6) is 0 Å². The quantitative estimate of drug-likeness (QED) is 0.795. The van der Waals surface area contributed by atoms with Crippen molar-refractivity contribution in [2.75, 3.05) is 27.0 Å². The molecule has 9 heteroatoms. The zero-order valence-corrected chi connectivity index (χ0v) is 13.7. The van der Waals surface area contributed by atoms with Gasteiger partial charge in [-0.15, -0.1) is 9.78 Å². The fourth-order valence-corrected chi connectivity index (χ4v) is 2.34. The van der Waals surface area contributed by atoms with Gasteiger partial charge in [0.1, 0.15) is 0 Å². The van der Waals surface area contributed by atoms with Gasteiger partial charge in [-0.05, 0) is 12.2 Å². The van der Waals surface area contributed by atoms with E-state index in [2.05, 4.69) is 10.1 Å². The summed E-state index contributed by atoms with van der Waals surface area (Å²) in [7, 11) is 3.17. The highest BCUT2D eigenvalue weighted by Crippen LogP contribution is 2.13. The monoisotopic (exact) mass is 318 g/mol. The van der Waals surface area contributed by atoms with Gasteiger partial charge in [0.25, 0.3) is 0 Å². The molecule has 2 amide bonds. The van der Waals surface area contributed by atoms with Gasteiger partial charge in [0, 0.05) is 14.1 Å². The van der Waals surface area contributed by atoms with E-state index in [0.29, 0.717) is 10.9 Å². The second-order valence-corrected chi connectivity index (χ2v) is 6.54. The number of thioether (sulfide) groups is 1. The van der Waals surface area contributed by atoms with Crippen LogP contribution in [0.2, 0.25) is 0 Å². The zero-order valence-electron chi connectivity index (χ0n) is 12.1. The first-order valence-corrected chi connectivity index (χ1v) is 7.96. The molecule has 0 saturated heterocycles. The number of hydrogen-bond donors (Lipinski definition) is 0. The summed E-state index contributed by atoms with van der Waals surface area (Å²) < 4.78 is 6.77. The van der Waals surface area contributed by atoms with E-state index < -0.39 is 12.1 Å². The Morgan fingerprint density at radius 1 is 1.50 bits per heavy atom. The van der Waals surface area contributed by atoms with Crippen molar-refractivity contribution in [1.29, 1.82) is 0 Å². The van der Waals surface area contributed by atoms with Crippen molar-refractivity contribution in [1.82, 2.24) is 14.7 Å². The number of urea groups is 1. The Labute approximate surface area is 125 Å². The molecule has 0 atom stereocenters. The lowest BCUT2D eigenvalue weighted by atomic mass is 10.2. The van der Waals surface area contributed by atoms with E-state index in [0.717, 1.165) is 4.68 Å². The van der Waals surface area contributed by atoms with Crippen molar-refractivity contribution >= 4 is 35.2 Å². The second kappa shape index (κ2) is 7.44. The van der Waals surface area contributed by atoms with E-state index in [1.807, 2.05) is 20.1 Å². The lowest BCUT2D eigenvalue weighted by Crippen LogP contribution is -2.29. The zero-order chi connectivity index (χ0) is 15.3. The first-order chi connectivity index (χ1) is 9.35. The van der Waals surface area contributed by atoms with Crippen LogP contribution < -0.4 is 4.80 Å². The summed E-state index contributed by atoms with van der Waals surface area (Å²) >= 11 is 2.54. The van der Waals surface area contributed by atoms with E-state index in [1.54, 1.807) is 14.1 Å². The number of rotatable bonds is 3. The molecule has 0 spiro atoms. The molecular weight excluding hydrogens is 300 g/mol. The Balaban J connectivity index is 3.09. The maximum atomic E-state index is 11.9. The third-order valence-corrected chi connectivity index (χ3v) is 3.89. The summed E-state index contributed by atoms with van der Waals surface area (Å²) in [5.74, 6) is 0.224. The predicted octanol–water partition coefficient (Wildman–Crippen LogP) is 1.89. The van der Waals surface area contributed by atoms with Crippen molar-refractivity contribution in [3.63, 3.8) is 0 Å². The molecule has 0 N–H and O–H groups in total. The van der Waals surface area contributed by atoms with Gasteiger partial charge in [-0.2, -0.15) is 4.99 Å². The molecule has 0 fully saturated rings. The molecule has 1 rings (SSSR count). The van der Waals surface area contributed by atoms with Crippen molar-refractivity contribution < 1.29 is 14.3 Å². The molecule has 0 bridgehead atoms. The second-order valence-electron chi connectivity index (χ2n) is 4.53. The van der Waals surface area contributed by atoms with Crippen LogP contribution in [0.25, 0.3) is 0 Å². The van der Waals surface area contributed by atoms with Crippen LogP contribution in [-0.4, -0.2) is 53.8 Å². The maximum Gasteiger partial charge on any atom is 0.437 e. The molecule has 1 aromatic rings. The largest absolute Gasteiger partial charge is 0.448 e. The Kier molecular flexibility index (Phi) is 6.21. The first kappa shape index (κ1) is 16.7. The average Bonchev–Trinajstić information content (AvgIpc) is 2.78. The van der Waals surface area contributed by atoms with Gasteiger partial charge in [0.05, 0.1) is 6.61 Å². The standard InChI is InChI=1S/C11H18N4O3S2/c1-7(2)6-18-11(17)15-9(12-8(16)14(3)4)20-10(13-15)19-5/h7H,6H2,1-5H3. The smallest absolute Gasteiger partial charge is 0.437 e. The molecule has 0 radical (unpaired) electrons. The van der Waals surface area contributed by atoms with Gasteiger partial charge in [-0.25, -0.2) is 9.59 Å². The minimum absolute atomic E-state index is 0.210. The number of hydrogen-bond acceptors (Lipinski definition) is 6. The van der Waals surface area contributed by atoms with E-state index in [-0.39, 0.29) is 10.7 Å². The predicted molar refractivity (Wildman–Crippen MR) is 78.1 cm³/mol. The Hall–Kier alpha value is -1.35. The summed E-state index contributed by atoms with van der Waals surface area (Å²) in [5, 5.41) is 4.08. The van der Waals surface area contributed by atoms with Crippen molar-refractivity contribution in [3.05, 3.63) is 4.80 Å². The molecule has 20 heavy (non-hydrogen) atoms. The lowest BCUT2D eigenvalue weighted by Gasteiger charge is -2.06. The first-order valence-electron chi connectivity index (χ1n) is 5.92. The van der Waals surface area contributed by atoms with E-state index in [4.69, 9.17) is 4.74 Å². The number of amides is 2. The Morgan fingerprint density at radius 3 is 2.65 bits per heavy atom. The third kappa shape index (κ3) is 4.64. The molecule has 0 saturated carbocycles. The molecule has 0 aliphatic rings. The summed E-state index contributed by atoms with van der Waals surface area (Å²) in [5.41, 5.74) is 0. The van der Waals surface area contributed by atoms with Gasteiger partial charge in [-0.3, -0.25) is 0 Å². The lowest BCUT2D eigenvalue weighted by molar-refractivity contribution is 0.130. The van der Waals surface area contributed by atoms with Crippen molar-refractivity contribution in [3.8, 4) is 0 Å². The summed E-state index contributed by atoms with van der Waals surface area (Å²) in [6.07, 6.45) is 1.21. The van der Waals surface area contributed by atoms with Gasteiger partial charge < -0.3 is 9.64 Å². The minimum atomic E-state index is -0.624. The van der Waals surface area contributed by atoms with E-state index in [1.165, 1.54) is 28.0 Å². The van der Waals surface area contributed by atoms with Crippen LogP contribution in [0.1, 0.15) is 13.8 Å². The number of ether oxygens (including phenoxy) is 1. The van der Waals surface area contributed by atoms with Crippen LogP contribution in [-0.2, 0) is 4.74 Å². The third-order valence-electron chi connectivity index (χ3n) is 2.00. The SMILES string of the molecule is CSc1nn(C(=O)OCC(C)C)c(=NC(=O)N(C)C)s1. The molecule has 7 nitrogen and oxygen atoms in total. The van der Waals surface area contributed by atoms with E-state index >= 15 is 0 Å². The van der Waals surface area contributed by atoms with Crippen LogP contribution in [0.4, 0.5) is 9.59 Å². The minimum Gasteiger partial charge on any atom is -0.448 e. The molecule has 1 aromatic heterocycles. The summed E-state index contributed by atoms with van der Waals surface area (Å²) in [4.78, 5) is 29.0. The van der Waals surface area contributed by atoms with Gasteiger partial charge in [0.15, 0.2) is 4.34 Å². The van der Waals surface area contributed by atoms with Crippen molar-refractivity contribution in [2.45, 2.75) is 18.2 Å². The van der Waals surface area contributed by atoms with E-state index in [9.17, 15) is 9.59 Å². The normalized spacial score (nSPS) is 11.8. The summed E-state index contributed by atoms with van der Waals surface area (Å²) in [6, 6.07) is -0.452. The summed E-state index contributed by atoms with van der Waals surface area (Å²) in [6.45, 7) is 4.17. The Morgan fingerprint density at radius 2 is 2.15 bits per heavy atom. The van der Waals surface area contributed by atoms with Gasteiger partial charge >= 0.3 is 12.1 Å². The molecule has 0 aliphatic heterocycles. The average molecular weight is 318 g/mol. The number of carbonyl (C=O) groups excluding carboxylic acids is 2. The molecule has 0 aliphatic carbocycles. The fraction of sp³-hybridized carbons (Fsp3) is 0.636. The molecule has 0 aromatic carbocycles. The molecule has 0 unspecified atom stereocenters. The Bertz CT molecular complexity index is 548. The maximum absolute atomic E-state index is 11.9. The number of nitrogens with zero attached hydrogens (tertiary/aromatic N) is 4. The highest BCUT2D eigenvalue weighted by molar-refractivity contribution is 8.00. The highest BCUT2D eigenvalue weighted by atomic mass is 32.2. The van der Waals surface area contributed by atoms with Crippen LogP contribution in [0.15, 0.2) is 9.33 Å². The fourth-order valence-electron chi connectivity index (χ4n) is 1.02. The van der Waals surface area contributed by atoms with Crippen LogP contribution >= 0.6 is 23.1 Å². The topological polar surface area (TPSA) is 76.8 Å². The molecule has 112 valence electrons. The van der Waals surface area contributed by atoms with Crippen LogP contribution in [0.3, 0.4) is 0 Å². The number of aromatic nitrogens is 2. The highest BCUT2D eigenvalue weighted by Gasteiger charge is 2.15. The van der Waals surface area contributed by atoms with Crippen molar-refractivity contribution in [2.24, 2.45) is 10.9 Å².